The molecular formula is C15H23N3O3. The number of aliphatic hydroxyl groups excluding tert-OH is 1. The first-order chi connectivity index (χ1) is 10.2. The van der Waals surface area contributed by atoms with E-state index in [2.05, 4.69) is 10.1 Å². The first-order valence-electron chi connectivity index (χ1n) is 7.21. The SMILES string of the molecule is Cc1ccc(N2CCC(OCCO)CC2)c(/C(N)=N/O)c1. The predicted molar refractivity (Wildman–Crippen MR) is 82.0 cm³/mol. The van der Waals surface area contributed by atoms with Crippen molar-refractivity contribution in [3.05, 3.63) is 29.3 Å². The lowest BCUT2D eigenvalue weighted by Crippen LogP contribution is -2.38. The highest BCUT2D eigenvalue weighted by molar-refractivity contribution is 6.02. The Hall–Kier alpha value is -1.79. The number of aryl methyl sites for hydroxylation is 1. The van der Waals surface area contributed by atoms with Crippen LogP contribution in [0.1, 0.15) is 24.0 Å². The second kappa shape index (κ2) is 7.28. The number of benzene rings is 1. The van der Waals surface area contributed by atoms with Crippen molar-refractivity contribution in [3.63, 3.8) is 0 Å². The molecule has 0 spiro atoms. The molecule has 1 heterocycles. The van der Waals surface area contributed by atoms with Crippen LogP contribution in [-0.2, 0) is 4.74 Å². The second-order valence-electron chi connectivity index (χ2n) is 5.29. The molecule has 0 atom stereocenters. The molecule has 6 nitrogen and oxygen atoms in total. The van der Waals surface area contributed by atoms with Gasteiger partial charge in [-0.3, -0.25) is 0 Å². The summed E-state index contributed by atoms with van der Waals surface area (Å²) in [7, 11) is 0. The summed E-state index contributed by atoms with van der Waals surface area (Å²) in [4.78, 5) is 2.23. The molecule has 0 aromatic heterocycles. The van der Waals surface area contributed by atoms with Gasteiger partial charge in [0, 0.05) is 24.3 Å². The molecule has 0 amide bonds. The topological polar surface area (TPSA) is 91.3 Å². The molecular weight excluding hydrogens is 270 g/mol. The number of anilines is 1. The van der Waals surface area contributed by atoms with E-state index in [1.54, 1.807) is 0 Å². The summed E-state index contributed by atoms with van der Waals surface area (Å²) in [6.07, 6.45) is 2.01. The normalized spacial score (nSPS) is 17.2. The maximum absolute atomic E-state index is 8.94. The summed E-state index contributed by atoms with van der Waals surface area (Å²) in [5.74, 6) is 0.132. The molecule has 116 valence electrons. The molecule has 6 heteroatoms. The maximum Gasteiger partial charge on any atom is 0.172 e. The van der Waals surface area contributed by atoms with E-state index in [0.29, 0.717) is 6.61 Å². The molecule has 0 radical (unpaired) electrons. The van der Waals surface area contributed by atoms with Crippen molar-refractivity contribution in [3.8, 4) is 0 Å². The largest absolute Gasteiger partial charge is 0.409 e. The van der Waals surface area contributed by atoms with Gasteiger partial charge in [-0.2, -0.15) is 0 Å². The van der Waals surface area contributed by atoms with Gasteiger partial charge in [-0.05, 0) is 31.9 Å². The number of rotatable bonds is 5. The van der Waals surface area contributed by atoms with Gasteiger partial charge < -0.3 is 25.7 Å². The van der Waals surface area contributed by atoms with Crippen LogP contribution < -0.4 is 10.6 Å². The van der Waals surface area contributed by atoms with Crippen LogP contribution in [0.3, 0.4) is 0 Å². The number of piperidine rings is 1. The molecule has 1 aliphatic rings. The Morgan fingerprint density at radius 1 is 1.43 bits per heavy atom. The lowest BCUT2D eigenvalue weighted by Gasteiger charge is -2.34. The first-order valence-corrected chi connectivity index (χ1v) is 7.21. The third-order valence-electron chi connectivity index (χ3n) is 3.76. The molecule has 2 rings (SSSR count). The summed E-state index contributed by atoms with van der Waals surface area (Å²) in [6, 6.07) is 5.97. The third kappa shape index (κ3) is 3.86. The standard InChI is InChI=1S/C15H23N3O3/c1-11-2-3-14(13(10-11)15(16)17-20)18-6-4-12(5-7-18)21-9-8-19/h2-3,10,12,19-20H,4-9H2,1H3,(H2,16,17). The number of amidine groups is 1. The van der Waals surface area contributed by atoms with Crippen molar-refractivity contribution in [2.24, 2.45) is 10.9 Å². The number of aliphatic hydroxyl groups is 1. The van der Waals surface area contributed by atoms with E-state index < -0.39 is 0 Å². The van der Waals surface area contributed by atoms with Crippen molar-refractivity contribution >= 4 is 11.5 Å². The van der Waals surface area contributed by atoms with Crippen LogP contribution in [0.15, 0.2) is 23.4 Å². The molecule has 1 aromatic rings. The summed E-state index contributed by atoms with van der Waals surface area (Å²) < 4.78 is 5.57. The Balaban J connectivity index is 2.10. The van der Waals surface area contributed by atoms with Gasteiger partial charge in [0.1, 0.15) is 0 Å². The summed E-state index contributed by atoms with van der Waals surface area (Å²) in [5.41, 5.74) is 8.59. The third-order valence-corrected chi connectivity index (χ3v) is 3.76. The fraction of sp³-hybridized carbons (Fsp3) is 0.533. The summed E-state index contributed by atoms with van der Waals surface area (Å²) in [6.45, 7) is 4.14. The first kappa shape index (κ1) is 15.6. The van der Waals surface area contributed by atoms with Gasteiger partial charge >= 0.3 is 0 Å². The summed E-state index contributed by atoms with van der Waals surface area (Å²) >= 11 is 0. The van der Waals surface area contributed by atoms with Gasteiger partial charge in [0.2, 0.25) is 0 Å². The Morgan fingerprint density at radius 3 is 2.76 bits per heavy atom. The van der Waals surface area contributed by atoms with Crippen molar-refractivity contribution < 1.29 is 15.1 Å². The number of ether oxygens (including phenoxy) is 1. The highest BCUT2D eigenvalue weighted by Crippen LogP contribution is 2.26. The molecule has 0 unspecified atom stereocenters. The van der Waals surface area contributed by atoms with E-state index in [1.165, 1.54) is 0 Å². The maximum atomic E-state index is 8.94. The molecule has 1 aliphatic heterocycles. The average Bonchev–Trinajstić information content (AvgIpc) is 2.52. The molecule has 1 fully saturated rings. The number of nitrogens with zero attached hydrogens (tertiary/aromatic N) is 2. The van der Waals surface area contributed by atoms with E-state index in [9.17, 15) is 0 Å². The van der Waals surface area contributed by atoms with Crippen LogP contribution in [0, 0.1) is 6.92 Å². The molecule has 0 bridgehead atoms. The molecule has 1 aromatic carbocycles. The average molecular weight is 293 g/mol. The highest BCUT2D eigenvalue weighted by atomic mass is 16.5. The molecule has 4 N–H and O–H groups in total. The minimum Gasteiger partial charge on any atom is -0.409 e. The van der Waals surface area contributed by atoms with Gasteiger partial charge in [-0.25, -0.2) is 0 Å². The van der Waals surface area contributed by atoms with Crippen molar-refractivity contribution in [2.45, 2.75) is 25.9 Å². The van der Waals surface area contributed by atoms with Gasteiger partial charge in [-0.1, -0.05) is 16.8 Å². The van der Waals surface area contributed by atoms with Crippen molar-refractivity contribution in [2.75, 3.05) is 31.2 Å². The van der Waals surface area contributed by atoms with E-state index in [0.717, 1.165) is 42.7 Å². The Morgan fingerprint density at radius 2 is 2.14 bits per heavy atom. The van der Waals surface area contributed by atoms with Crippen LogP contribution >= 0.6 is 0 Å². The smallest absolute Gasteiger partial charge is 0.172 e. The zero-order valence-corrected chi connectivity index (χ0v) is 12.3. The van der Waals surface area contributed by atoms with Gasteiger partial charge in [0.15, 0.2) is 5.84 Å². The van der Waals surface area contributed by atoms with Crippen molar-refractivity contribution in [1.29, 1.82) is 0 Å². The van der Waals surface area contributed by atoms with E-state index in [4.69, 9.17) is 20.8 Å². The molecule has 1 saturated heterocycles. The predicted octanol–water partition coefficient (Wildman–Crippen LogP) is 1.07. The zero-order valence-electron chi connectivity index (χ0n) is 12.3. The molecule has 21 heavy (non-hydrogen) atoms. The highest BCUT2D eigenvalue weighted by Gasteiger charge is 2.22. The molecule has 0 saturated carbocycles. The zero-order chi connectivity index (χ0) is 15.2. The number of nitrogens with two attached hydrogens (primary N) is 1. The van der Waals surface area contributed by atoms with Crippen LogP contribution in [0.2, 0.25) is 0 Å². The quantitative estimate of drug-likeness (QED) is 0.327. The van der Waals surface area contributed by atoms with Crippen molar-refractivity contribution in [1.82, 2.24) is 0 Å². The van der Waals surface area contributed by atoms with Crippen LogP contribution in [0.4, 0.5) is 5.69 Å². The molecule has 0 aliphatic carbocycles. The second-order valence-corrected chi connectivity index (χ2v) is 5.29. The number of hydrogen-bond donors (Lipinski definition) is 3. The van der Waals surface area contributed by atoms with Gasteiger partial charge in [0.05, 0.1) is 19.3 Å². The van der Waals surface area contributed by atoms with E-state index >= 15 is 0 Å². The van der Waals surface area contributed by atoms with E-state index in [1.807, 2.05) is 25.1 Å². The minimum absolute atomic E-state index is 0.0613. The van der Waals surface area contributed by atoms with Gasteiger partial charge in [-0.15, -0.1) is 0 Å². The Bertz CT molecular complexity index is 497. The fourth-order valence-corrected chi connectivity index (χ4v) is 2.67. The Labute approximate surface area is 124 Å². The van der Waals surface area contributed by atoms with Crippen LogP contribution in [0.5, 0.6) is 0 Å². The van der Waals surface area contributed by atoms with E-state index in [-0.39, 0.29) is 18.5 Å². The Kier molecular flexibility index (Phi) is 5.41. The summed E-state index contributed by atoms with van der Waals surface area (Å²) in [5, 5.41) is 20.9. The number of oxime groups is 1. The monoisotopic (exact) mass is 293 g/mol. The fourth-order valence-electron chi connectivity index (χ4n) is 2.67. The lowest BCUT2D eigenvalue weighted by atomic mass is 10.0. The number of hydrogen-bond acceptors (Lipinski definition) is 5. The van der Waals surface area contributed by atoms with Crippen LogP contribution in [0.25, 0.3) is 0 Å². The van der Waals surface area contributed by atoms with Gasteiger partial charge in [0.25, 0.3) is 0 Å². The minimum atomic E-state index is 0.0613. The van der Waals surface area contributed by atoms with Crippen LogP contribution in [-0.4, -0.2) is 48.6 Å². The lowest BCUT2D eigenvalue weighted by molar-refractivity contribution is 0.0159.